The second-order valence-electron chi connectivity index (χ2n) is 3.09. The summed E-state index contributed by atoms with van der Waals surface area (Å²) >= 11 is 0. The Morgan fingerprint density at radius 2 is 2.12 bits per heavy atom. The van der Waals surface area contributed by atoms with Gasteiger partial charge in [-0.1, -0.05) is 13.0 Å². The molecule has 0 aliphatic carbocycles. The minimum Gasteiger partial charge on any atom is -0.354 e. The second-order valence-corrected chi connectivity index (χ2v) is 5.01. The molecule has 0 aromatic carbocycles. The third-order valence-corrected chi connectivity index (χ3v) is 3.10. The highest BCUT2D eigenvalue weighted by atomic mass is 32.2. The Hall–Kier alpha value is -0.920. The van der Waals surface area contributed by atoms with Gasteiger partial charge in [-0.3, -0.25) is 4.79 Å². The molecule has 0 radical (unpaired) electrons. The molecule has 0 heterocycles. The summed E-state index contributed by atoms with van der Waals surface area (Å²) in [5.41, 5.74) is 0. The largest absolute Gasteiger partial charge is 0.354 e. The highest BCUT2D eigenvalue weighted by molar-refractivity contribution is 7.89. The van der Waals surface area contributed by atoms with Crippen molar-refractivity contribution in [1.29, 1.82) is 0 Å². The van der Waals surface area contributed by atoms with Crippen LogP contribution >= 0.6 is 0 Å². The molecule has 94 valence electrons. The number of nitrogens with one attached hydrogen (secondary N) is 3. The van der Waals surface area contributed by atoms with E-state index in [9.17, 15) is 13.2 Å². The molecule has 3 N–H and O–H groups in total. The topological polar surface area (TPSA) is 87.3 Å². The summed E-state index contributed by atoms with van der Waals surface area (Å²) < 4.78 is 24.7. The van der Waals surface area contributed by atoms with Gasteiger partial charge in [0.05, 0.1) is 12.3 Å². The van der Waals surface area contributed by atoms with Crippen molar-refractivity contribution in [2.24, 2.45) is 0 Å². The molecule has 0 aromatic heterocycles. The van der Waals surface area contributed by atoms with Crippen LogP contribution in [0.3, 0.4) is 0 Å². The molecule has 0 fully saturated rings. The van der Waals surface area contributed by atoms with E-state index in [0.29, 0.717) is 13.1 Å². The van der Waals surface area contributed by atoms with E-state index in [1.165, 1.54) is 0 Å². The smallest absolute Gasteiger partial charge is 0.233 e. The molecule has 0 atom stereocenters. The number of sulfonamides is 1. The summed E-state index contributed by atoms with van der Waals surface area (Å²) in [4.78, 5) is 11.1. The summed E-state index contributed by atoms with van der Waals surface area (Å²) in [5, 5.41) is 5.31. The molecule has 0 aliphatic rings. The second kappa shape index (κ2) is 8.26. The Morgan fingerprint density at radius 3 is 2.69 bits per heavy atom. The standard InChI is InChI=1S/C9H19N3O3S/c1-3-5-10-8-9(13)11-6-7-16(14,15)12-4-2/h3,10,12H,1,4-8H2,2H3,(H,11,13). The highest BCUT2D eigenvalue weighted by Crippen LogP contribution is 1.81. The first kappa shape index (κ1) is 15.1. The molecule has 16 heavy (non-hydrogen) atoms. The molecule has 0 rings (SSSR count). The van der Waals surface area contributed by atoms with Crippen LogP contribution in [0.25, 0.3) is 0 Å². The summed E-state index contributed by atoms with van der Waals surface area (Å²) in [6, 6.07) is 0. The third kappa shape index (κ3) is 8.39. The Bertz CT molecular complexity index is 314. The average Bonchev–Trinajstić information content (AvgIpc) is 2.17. The van der Waals surface area contributed by atoms with Gasteiger partial charge < -0.3 is 10.6 Å². The van der Waals surface area contributed by atoms with Crippen LogP contribution in [-0.2, 0) is 14.8 Å². The van der Waals surface area contributed by atoms with Crippen molar-refractivity contribution in [1.82, 2.24) is 15.4 Å². The predicted molar refractivity (Wildman–Crippen MR) is 63.5 cm³/mol. The fraction of sp³-hybridized carbons (Fsp3) is 0.667. The van der Waals surface area contributed by atoms with Crippen LogP contribution in [-0.4, -0.2) is 46.3 Å². The van der Waals surface area contributed by atoms with E-state index in [4.69, 9.17) is 0 Å². The molecule has 1 amide bonds. The van der Waals surface area contributed by atoms with Gasteiger partial charge in [0.1, 0.15) is 0 Å². The van der Waals surface area contributed by atoms with Crippen LogP contribution in [0.5, 0.6) is 0 Å². The van der Waals surface area contributed by atoms with Crippen LogP contribution in [0.1, 0.15) is 6.92 Å². The van der Waals surface area contributed by atoms with Crippen molar-refractivity contribution in [3.8, 4) is 0 Å². The Kier molecular flexibility index (Phi) is 7.78. The van der Waals surface area contributed by atoms with Crippen molar-refractivity contribution >= 4 is 15.9 Å². The lowest BCUT2D eigenvalue weighted by atomic mass is 10.5. The van der Waals surface area contributed by atoms with Crippen LogP contribution in [0, 0.1) is 0 Å². The van der Waals surface area contributed by atoms with E-state index in [1.807, 2.05) is 0 Å². The minimum atomic E-state index is -3.25. The fourth-order valence-corrected chi connectivity index (χ4v) is 1.92. The molecule has 0 unspecified atom stereocenters. The number of hydrogen-bond acceptors (Lipinski definition) is 4. The molecule has 0 aliphatic heterocycles. The van der Waals surface area contributed by atoms with Crippen LogP contribution in [0.15, 0.2) is 12.7 Å². The summed E-state index contributed by atoms with van der Waals surface area (Å²) in [6.07, 6.45) is 1.64. The molecule has 6 nitrogen and oxygen atoms in total. The summed E-state index contributed by atoms with van der Waals surface area (Å²) in [7, 11) is -3.25. The van der Waals surface area contributed by atoms with Gasteiger partial charge in [-0.05, 0) is 0 Å². The van der Waals surface area contributed by atoms with Gasteiger partial charge in [0.15, 0.2) is 0 Å². The molecule has 0 aromatic rings. The first-order valence-corrected chi connectivity index (χ1v) is 6.72. The highest BCUT2D eigenvalue weighted by Gasteiger charge is 2.08. The van der Waals surface area contributed by atoms with Crippen molar-refractivity contribution < 1.29 is 13.2 Å². The maximum atomic E-state index is 11.2. The maximum Gasteiger partial charge on any atom is 0.233 e. The van der Waals surface area contributed by atoms with Crippen molar-refractivity contribution in [3.05, 3.63) is 12.7 Å². The van der Waals surface area contributed by atoms with Crippen LogP contribution < -0.4 is 15.4 Å². The van der Waals surface area contributed by atoms with E-state index >= 15 is 0 Å². The predicted octanol–water partition coefficient (Wildman–Crippen LogP) is -1.18. The molecule has 0 spiro atoms. The minimum absolute atomic E-state index is 0.103. The zero-order valence-electron chi connectivity index (χ0n) is 9.45. The third-order valence-electron chi connectivity index (χ3n) is 1.63. The van der Waals surface area contributed by atoms with Crippen molar-refractivity contribution in [2.45, 2.75) is 6.92 Å². The number of rotatable bonds is 9. The zero-order valence-corrected chi connectivity index (χ0v) is 10.3. The first-order valence-electron chi connectivity index (χ1n) is 5.07. The molecule has 0 bridgehead atoms. The summed E-state index contributed by atoms with van der Waals surface area (Å²) in [5.74, 6) is -0.331. The van der Waals surface area contributed by atoms with Gasteiger partial charge in [-0.25, -0.2) is 13.1 Å². The first-order chi connectivity index (χ1) is 7.52. The fourth-order valence-electron chi connectivity index (χ4n) is 0.967. The summed E-state index contributed by atoms with van der Waals surface area (Å²) in [6.45, 7) is 6.37. The lowest BCUT2D eigenvalue weighted by molar-refractivity contribution is -0.120. The van der Waals surface area contributed by atoms with E-state index in [2.05, 4.69) is 21.9 Å². The van der Waals surface area contributed by atoms with Gasteiger partial charge in [-0.2, -0.15) is 0 Å². The van der Waals surface area contributed by atoms with Crippen molar-refractivity contribution in [3.63, 3.8) is 0 Å². The molecular weight excluding hydrogens is 230 g/mol. The van der Waals surface area contributed by atoms with Gasteiger partial charge in [0, 0.05) is 19.6 Å². The molecule has 0 saturated carbocycles. The number of carbonyl (C=O) groups excluding carboxylic acids is 1. The van der Waals surface area contributed by atoms with E-state index in [0.717, 1.165) is 0 Å². The lowest BCUT2D eigenvalue weighted by Gasteiger charge is -2.06. The zero-order chi connectivity index (χ0) is 12.4. The lowest BCUT2D eigenvalue weighted by Crippen LogP contribution is -2.38. The number of amides is 1. The van der Waals surface area contributed by atoms with E-state index < -0.39 is 10.0 Å². The Morgan fingerprint density at radius 1 is 1.44 bits per heavy atom. The average molecular weight is 249 g/mol. The van der Waals surface area contributed by atoms with E-state index in [1.54, 1.807) is 13.0 Å². The Labute approximate surface area is 96.5 Å². The quantitative estimate of drug-likeness (QED) is 0.354. The number of carbonyl (C=O) groups is 1. The maximum absolute atomic E-state index is 11.2. The van der Waals surface area contributed by atoms with Crippen molar-refractivity contribution in [2.75, 3.05) is 31.9 Å². The SMILES string of the molecule is C=CCNCC(=O)NCCS(=O)(=O)NCC. The van der Waals surface area contributed by atoms with Gasteiger partial charge in [0.25, 0.3) is 0 Å². The molecular formula is C9H19N3O3S. The van der Waals surface area contributed by atoms with Crippen LogP contribution in [0.4, 0.5) is 0 Å². The normalized spacial score (nSPS) is 11.1. The number of hydrogen-bond donors (Lipinski definition) is 3. The molecule has 0 saturated heterocycles. The van der Waals surface area contributed by atoms with E-state index in [-0.39, 0.29) is 24.7 Å². The van der Waals surface area contributed by atoms with Gasteiger partial charge in [0.2, 0.25) is 15.9 Å². The monoisotopic (exact) mass is 249 g/mol. The molecule has 7 heteroatoms. The van der Waals surface area contributed by atoms with Gasteiger partial charge >= 0.3 is 0 Å². The van der Waals surface area contributed by atoms with Crippen LogP contribution in [0.2, 0.25) is 0 Å². The Balaban J connectivity index is 3.65. The van der Waals surface area contributed by atoms with Gasteiger partial charge in [-0.15, -0.1) is 6.58 Å².